The summed E-state index contributed by atoms with van der Waals surface area (Å²) in [4.78, 5) is 4.03. The lowest BCUT2D eigenvalue weighted by atomic mass is 10.2. The Morgan fingerprint density at radius 1 is 0.500 bits per heavy atom. The van der Waals surface area contributed by atoms with Crippen LogP contribution in [0.5, 0.6) is 5.75 Å². The zero-order valence-corrected chi connectivity index (χ0v) is 17.4. The first kappa shape index (κ1) is 19.8. The predicted molar refractivity (Wildman–Crippen MR) is 129 cm³/mol. The van der Waals surface area contributed by atoms with Gasteiger partial charge in [-0.1, -0.05) is 109 Å². The van der Waals surface area contributed by atoms with Crippen LogP contribution >= 0.6 is 7.92 Å². The zero-order chi connectivity index (χ0) is 20.6. The van der Waals surface area contributed by atoms with Crippen LogP contribution in [-0.2, 0) is 0 Å². The van der Waals surface area contributed by atoms with Crippen molar-refractivity contribution in [1.29, 1.82) is 0 Å². The molecule has 3 heteroatoms. The first-order valence-corrected chi connectivity index (χ1v) is 11.1. The number of hydrogen-bond donors (Lipinski definition) is 1. The number of phenols is 1. The summed E-state index contributed by atoms with van der Waals surface area (Å²) >= 11 is 0. The normalized spacial score (nSPS) is 10.4. The van der Waals surface area contributed by atoms with Crippen LogP contribution in [-0.4, -0.2) is 10.1 Å². The van der Waals surface area contributed by atoms with Crippen LogP contribution in [0.25, 0.3) is 10.9 Å². The summed E-state index contributed by atoms with van der Waals surface area (Å²) in [6, 6.07) is 41.5. The molecule has 1 N–H and O–H groups in total. The van der Waals surface area contributed by atoms with Crippen LogP contribution in [0.4, 0.5) is 0 Å². The smallest absolute Gasteiger partial charge is 0.141 e. The predicted octanol–water partition coefficient (Wildman–Crippen LogP) is 5.39. The van der Waals surface area contributed by atoms with Crippen molar-refractivity contribution in [2.75, 3.05) is 0 Å². The van der Waals surface area contributed by atoms with Gasteiger partial charge in [0, 0.05) is 11.6 Å². The molecular formula is C27H22NOP. The minimum Gasteiger partial charge on any atom is -0.506 e. The first-order chi connectivity index (χ1) is 14.8. The Labute approximate surface area is 178 Å². The number of pyridine rings is 1. The molecule has 0 aliphatic carbocycles. The second-order valence-corrected chi connectivity index (χ2v) is 8.91. The van der Waals surface area contributed by atoms with Crippen molar-refractivity contribution in [1.82, 2.24) is 4.98 Å². The quantitative estimate of drug-likeness (QED) is 0.407. The van der Waals surface area contributed by atoms with E-state index >= 15 is 0 Å². The molecule has 0 aliphatic heterocycles. The summed E-state index contributed by atoms with van der Waals surface area (Å²) in [7, 11) is -0.446. The van der Waals surface area contributed by atoms with Crippen molar-refractivity contribution in [3.8, 4) is 5.75 Å². The van der Waals surface area contributed by atoms with Crippen LogP contribution < -0.4 is 15.9 Å². The second kappa shape index (κ2) is 9.82. The Kier molecular flexibility index (Phi) is 6.49. The molecule has 0 atom stereocenters. The molecule has 0 saturated carbocycles. The molecule has 5 rings (SSSR count). The second-order valence-electron chi connectivity index (χ2n) is 6.69. The molecule has 146 valence electrons. The van der Waals surface area contributed by atoms with E-state index in [1.165, 1.54) is 15.9 Å². The third-order valence-corrected chi connectivity index (χ3v) is 7.10. The standard InChI is InChI=1S/C18H15P.C9H7NO/c1-4-10-16(11-5-1)19(17-12-6-2-7-13-17)18-14-8-3-9-15-18;11-8-5-1-3-7-4-2-6-10-9(7)8/h1-15H;1-6,11H. The average molecular weight is 407 g/mol. The van der Waals surface area contributed by atoms with E-state index in [2.05, 4.69) is 96.0 Å². The van der Waals surface area contributed by atoms with Crippen molar-refractivity contribution in [2.45, 2.75) is 0 Å². The first-order valence-electron chi connectivity index (χ1n) is 9.81. The van der Waals surface area contributed by atoms with E-state index in [0.29, 0.717) is 5.52 Å². The van der Waals surface area contributed by atoms with E-state index in [0.717, 1.165) is 5.39 Å². The topological polar surface area (TPSA) is 33.1 Å². The monoisotopic (exact) mass is 407 g/mol. The number of phenolic OH excluding ortho intramolecular Hbond substituents is 1. The molecular weight excluding hydrogens is 385 g/mol. The van der Waals surface area contributed by atoms with Gasteiger partial charge in [0.15, 0.2) is 0 Å². The van der Waals surface area contributed by atoms with Crippen molar-refractivity contribution in [2.24, 2.45) is 0 Å². The Bertz CT molecular complexity index is 1100. The summed E-state index contributed by atoms with van der Waals surface area (Å²) in [6.45, 7) is 0. The van der Waals surface area contributed by atoms with Gasteiger partial charge < -0.3 is 5.11 Å². The SMILES string of the molecule is Oc1cccc2cccnc12.c1ccc(P(c2ccccc2)c2ccccc2)cc1. The lowest BCUT2D eigenvalue weighted by Crippen LogP contribution is -2.20. The maximum absolute atomic E-state index is 9.31. The summed E-state index contributed by atoms with van der Waals surface area (Å²) in [6.07, 6.45) is 1.67. The molecule has 2 nitrogen and oxygen atoms in total. The number of aromatic nitrogens is 1. The van der Waals surface area contributed by atoms with Crippen LogP contribution in [0, 0.1) is 0 Å². The molecule has 0 aliphatic rings. The van der Waals surface area contributed by atoms with Gasteiger partial charge in [0.05, 0.1) is 0 Å². The number of para-hydroxylation sites is 1. The van der Waals surface area contributed by atoms with Crippen molar-refractivity contribution in [3.63, 3.8) is 0 Å². The minimum absolute atomic E-state index is 0.239. The highest BCUT2D eigenvalue weighted by atomic mass is 31.1. The molecule has 0 amide bonds. The minimum atomic E-state index is -0.446. The van der Waals surface area contributed by atoms with Crippen molar-refractivity contribution >= 4 is 34.7 Å². The van der Waals surface area contributed by atoms with E-state index in [-0.39, 0.29) is 5.75 Å². The number of aromatic hydroxyl groups is 1. The Morgan fingerprint density at radius 3 is 1.43 bits per heavy atom. The Hall–Kier alpha value is -3.48. The van der Waals surface area contributed by atoms with Gasteiger partial charge in [0.1, 0.15) is 11.3 Å². The highest BCUT2D eigenvalue weighted by Gasteiger charge is 2.14. The Balaban J connectivity index is 0.000000168. The lowest BCUT2D eigenvalue weighted by molar-refractivity contribution is 0.480. The Morgan fingerprint density at radius 2 is 0.967 bits per heavy atom. The van der Waals surface area contributed by atoms with Crippen LogP contribution in [0.3, 0.4) is 0 Å². The van der Waals surface area contributed by atoms with Gasteiger partial charge in [0.25, 0.3) is 0 Å². The van der Waals surface area contributed by atoms with E-state index < -0.39 is 7.92 Å². The molecule has 0 unspecified atom stereocenters. The molecule has 4 aromatic carbocycles. The molecule has 0 radical (unpaired) electrons. The third-order valence-electron chi connectivity index (χ3n) is 4.65. The van der Waals surface area contributed by atoms with Crippen LogP contribution in [0.2, 0.25) is 0 Å². The maximum Gasteiger partial charge on any atom is 0.141 e. The van der Waals surface area contributed by atoms with Gasteiger partial charge in [-0.15, -0.1) is 0 Å². The fourth-order valence-corrected chi connectivity index (χ4v) is 5.57. The number of rotatable bonds is 3. The van der Waals surface area contributed by atoms with Crippen molar-refractivity contribution < 1.29 is 5.11 Å². The van der Waals surface area contributed by atoms with Gasteiger partial charge in [0.2, 0.25) is 0 Å². The zero-order valence-electron chi connectivity index (χ0n) is 16.5. The van der Waals surface area contributed by atoms with Gasteiger partial charge in [-0.25, -0.2) is 0 Å². The molecule has 5 aromatic rings. The lowest BCUT2D eigenvalue weighted by Gasteiger charge is -2.18. The van der Waals surface area contributed by atoms with E-state index in [4.69, 9.17) is 0 Å². The molecule has 30 heavy (non-hydrogen) atoms. The fourth-order valence-electron chi connectivity index (χ4n) is 3.27. The summed E-state index contributed by atoms with van der Waals surface area (Å²) in [5, 5.41) is 14.5. The maximum atomic E-state index is 9.31. The van der Waals surface area contributed by atoms with E-state index in [9.17, 15) is 5.11 Å². The molecule has 1 aromatic heterocycles. The van der Waals surface area contributed by atoms with Crippen LogP contribution in [0.15, 0.2) is 128 Å². The highest BCUT2D eigenvalue weighted by molar-refractivity contribution is 7.79. The van der Waals surface area contributed by atoms with E-state index in [1.54, 1.807) is 18.3 Å². The van der Waals surface area contributed by atoms with Crippen LogP contribution in [0.1, 0.15) is 0 Å². The molecule has 0 fully saturated rings. The number of hydrogen-bond acceptors (Lipinski definition) is 2. The molecule has 0 spiro atoms. The molecule has 1 heterocycles. The molecule has 0 bridgehead atoms. The highest BCUT2D eigenvalue weighted by Crippen LogP contribution is 2.32. The van der Waals surface area contributed by atoms with E-state index in [1.807, 2.05) is 18.2 Å². The number of benzene rings is 4. The van der Waals surface area contributed by atoms with Gasteiger partial charge in [-0.2, -0.15) is 0 Å². The number of nitrogens with zero attached hydrogens (tertiary/aromatic N) is 1. The van der Waals surface area contributed by atoms with Gasteiger partial charge in [-0.05, 0) is 36.0 Å². The number of fused-ring (bicyclic) bond motifs is 1. The van der Waals surface area contributed by atoms with Gasteiger partial charge >= 0.3 is 0 Å². The summed E-state index contributed by atoms with van der Waals surface area (Å²) in [5.41, 5.74) is 0.662. The van der Waals surface area contributed by atoms with Crippen molar-refractivity contribution in [3.05, 3.63) is 128 Å². The van der Waals surface area contributed by atoms with Gasteiger partial charge in [-0.3, -0.25) is 4.98 Å². The molecule has 0 saturated heterocycles. The summed E-state index contributed by atoms with van der Waals surface area (Å²) < 4.78 is 0. The average Bonchev–Trinajstić information content (AvgIpc) is 2.82. The third kappa shape index (κ3) is 4.74. The largest absolute Gasteiger partial charge is 0.506 e. The summed E-state index contributed by atoms with van der Waals surface area (Å²) in [5.74, 6) is 0.239. The fraction of sp³-hybridized carbons (Fsp3) is 0.